The highest BCUT2D eigenvalue weighted by Crippen LogP contribution is 2.22. The first-order valence-electron chi connectivity index (χ1n) is 6.18. The van der Waals surface area contributed by atoms with Crippen LogP contribution in [-0.4, -0.2) is 16.4 Å². The zero-order chi connectivity index (χ0) is 13.0. The lowest BCUT2D eigenvalue weighted by atomic mass is 10.0. The summed E-state index contributed by atoms with van der Waals surface area (Å²) in [5.74, 6) is 0.868. The third kappa shape index (κ3) is 2.71. The Morgan fingerprint density at radius 2 is 2.22 bits per heavy atom. The monoisotopic (exact) mass is 245 g/mol. The van der Waals surface area contributed by atoms with Gasteiger partial charge in [-0.05, 0) is 30.2 Å². The topological polar surface area (TPSA) is 53.1 Å². The number of nitrogens with zero attached hydrogens (tertiary/aromatic N) is 2. The minimum absolute atomic E-state index is 0.178. The fourth-order valence-electron chi connectivity index (χ4n) is 1.88. The molecule has 1 heterocycles. The van der Waals surface area contributed by atoms with Crippen LogP contribution in [0.5, 0.6) is 5.75 Å². The molecule has 18 heavy (non-hydrogen) atoms. The highest BCUT2D eigenvalue weighted by molar-refractivity contribution is 5.34. The normalized spacial score (nSPS) is 12.4. The fraction of sp³-hybridized carbons (Fsp3) is 0.357. The summed E-state index contributed by atoms with van der Waals surface area (Å²) >= 11 is 0. The van der Waals surface area contributed by atoms with Crippen molar-refractivity contribution in [1.29, 1.82) is 0 Å². The lowest BCUT2D eigenvalue weighted by molar-refractivity contribution is 0.317. The van der Waals surface area contributed by atoms with E-state index in [1.807, 2.05) is 37.4 Å². The molecule has 4 heteroatoms. The first-order chi connectivity index (χ1) is 8.72. The molecule has 4 nitrogen and oxygen atoms in total. The molecule has 0 bridgehead atoms. The summed E-state index contributed by atoms with van der Waals surface area (Å²) in [6.07, 6.45) is 2.75. The van der Waals surface area contributed by atoms with Crippen molar-refractivity contribution in [3.63, 3.8) is 0 Å². The second-order valence-corrected chi connectivity index (χ2v) is 4.28. The number of nitrogens with two attached hydrogens (primary N) is 1. The van der Waals surface area contributed by atoms with E-state index < -0.39 is 0 Å². The molecule has 2 N–H and O–H groups in total. The van der Waals surface area contributed by atoms with Crippen molar-refractivity contribution in [2.24, 2.45) is 12.8 Å². The second kappa shape index (κ2) is 5.69. The molecule has 0 amide bonds. The minimum Gasteiger partial charge on any atom is -0.494 e. The highest BCUT2D eigenvalue weighted by Gasteiger charge is 2.12. The van der Waals surface area contributed by atoms with Gasteiger partial charge in [0.2, 0.25) is 0 Å². The largest absolute Gasteiger partial charge is 0.494 e. The molecule has 0 fully saturated rings. The van der Waals surface area contributed by atoms with Crippen molar-refractivity contribution < 1.29 is 4.74 Å². The molecule has 0 saturated heterocycles. The van der Waals surface area contributed by atoms with E-state index in [1.54, 1.807) is 10.9 Å². The van der Waals surface area contributed by atoms with Gasteiger partial charge < -0.3 is 10.5 Å². The van der Waals surface area contributed by atoms with Gasteiger partial charge in [-0.15, -0.1) is 0 Å². The quantitative estimate of drug-likeness (QED) is 0.879. The Bertz CT molecular complexity index is 507. The SMILES string of the molecule is CCCOc1cccc(C(N)c2ccnn2C)c1. The Hall–Kier alpha value is -1.81. The van der Waals surface area contributed by atoms with E-state index in [0.717, 1.165) is 30.0 Å². The molecule has 0 aliphatic heterocycles. The van der Waals surface area contributed by atoms with Gasteiger partial charge in [-0.3, -0.25) is 4.68 Å². The molecule has 2 aromatic rings. The van der Waals surface area contributed by atoms with Gasteiger partial charge in [0.1, 0.15) is 5.75 Å². The van der Waals surface area contributed by atoms with Crippen LogP contribution in [0.2, 0.25) is 0 Å². The molecule has 2 rings (SSSR count). The maximum Gasteiger partial charge on any atom is 0.119 e. The van der Waals surface area contributed by atoms with E-state index >= 15 is 0 Å². The molecule has 1 unspecified atom stereocenters. The lowest BCUT2D eigenvalue weighted by Crippen LogP contribution is -2.16. The molecular weight excluding hydrogens is 226 g/mol. The minimum atomic E-state index is -0.178. The van der Waals surface area contributed by atoms with Gasteiger partial charge in [-0.25, -0.2) is 0 Å². The average Bonchev–Trinajstić information content (AvgIpc) is 2.82. The molecule has 1 aromatic heterocycles. The average molecular weight is 245 g/mol. The Morgan fingerprint density at radius 3 is 2.89 bits per heavy atom. The molecule has 1 aromatic carbocycles. The summed E-state index contributed by atoms with van der Waals surface area (Å²) in [5.41, 5.74) is 8.27. The maximum atomic E-state index is 6.24. The third-order valence-electron chi connectivity index (χ3n) is 2.87. The number of rotatable bonds is 5. The molecule has 0 aliphatic rings. The number of hydrogen-bond donors (Lipinski definition) is 1. The van der Waals surface area contributed by atoms with Crippen LogP contribution in [0.25, 0.3) is 0 Å². The molecule has 0 saturated carbocycles. The summed E-state index contributed by atoms with van der Waals surface area (Å²) in [5, 5.41) is 4.14. The standard InChI is InChI=1S/C14H19N3O/c1-3-9-18-12-6-4-5-11(10-12)14(15)13-7-8-16-17(13)2/h4-8,10,14H,3,9,15H2,1-2H3. The Balaban J connectivity index is 2.20. The maximum absolute atomic E-state index is 6.24. The number of hydrogen-bond acceptors (Lipinski definition) is 3. The number of benzene rings is 1. The van der Waals surface area contributed by atoms with Crippen molar-refractivity contribution in [3.8, 4) is 5.75 Å². The van der Waals surface area contributed by atoms with Crippen molar-refractivity contribution in [2.75, 3.05) is 6.61 Å². The van der Waals surface area contributed by atoms with Gasteiger partial charge in [-0.2, -0.15) is 5.10 Å². The van der Waals surface area contributed by atoms with Crippen LogP contribution in [0.3, 0.4) is 0 Å². The van der Waals surface area contributed by atoms with Gasteiger partial charge in [0, 0.05) is 13.2 Å². The van der Waals surface area contributed by atoms with E-state index in [2.05, 4.69) is 12.0 Å². The molecule has 1 atom stereocenters. The van der Waals surface area contributed by atoms with Crippen LogP contribution in [0.4, 0.5) is 0 Å². The van der Waals surface area contributed by atoms with E-state index in [4.69, 9.17) is 10.5 Å². The van der Waals surface area contributed by atoms with Crippen molar-refractivity contribution >= 4 is 0 Å². The number of aryl methyl sites for hydroxylation is 1. The van der Waals surface area contributed by atoms with E-state index in [1.165, 1.54) is 0 Å². The second-order valence-electron chi connectivity index (χ2n) is 4.28. The number of aromatic nitrogens is 2. The molecule has 0 radical (unpaired) electrons. The van der Waals surface area contributed by atoms with Crippen LogP contribution in [0, 0.1) is 0 Å². The summed E-state index contributed by atoms with van der Waals surface area (Å²) < 4.78 is 7.41. The van der Waals surface area contributed by atoms with Crippen LogP contribution < -0.4 is 10.5 Å². The van der Waals surface area contributed by atoms with Gasteiger partial charge in [-0.1, -0.05) is 19.1 Å². The summed E-state index contributed by atoms with van der Waals surface area (Å²) in [6.45, 7) is 2.82. The van der Waals surface area contributed by atoms with Gasteiger partial charge >= 0.3 is 0 Å². The van der Waals surface area contributed by atoms with Crippen LogP contribution in [-0.2, 0) is 7.05 Å². The Kier molecular flexibility index (Phi) is 3.99. The van der Waals surface area contributed by atoms with Crippen LogP contribution in [0.1, 0.15) is 30.6 Å². The Labute approximate surface area is 107 Å². The van der Waals surface area contributed by atoms with E-state index in [9.17, 15) is 0 Å². The zero-order valence-corrected chi connectivity index (χ0v) is 10.8. The predicted molar refractivity (Wildman–Crippen MR) is 71.5 cm³/mol. The molecule has 96 valence electrons. The van der Waals surface area contributed by atoms with Gasteiger partial charge in [0.25, 0.3) is 0 Å². The summed E-state index contributed by atoms with van der Waals surface area (Å²) in [7, 11) is 1.90. The van der Waals surface area contributed by atoms with Crippen molar-refractivity contribution in [2.45, 2.75) is 19.4 Å². The first kappa shape index (κ1) is 12.6. The molecule has 0 spiro atoms. The van der Waals surface area contributed by atoms with Gasteiger partial charge in [0.05, 0.1) is 18.3 Å². The van der Waals surface area contributed by atoms with Crippen LogP contribution in [0.15, 0.2) is 36.5 Å². The van der Waals surface area contributed by atoms with Gasteiger partial charge in [0.15, 0.2) is 0 Å². The molecular formula is C14H19N3O. The Morgan fingerprint density at radius 1 is 1.39 bits per heavy atom. The zero-order valence-electron chi connectivity index (χ0n) is 10.8. The third-order valence-corrected chi connectivity index (χ3v) is 2.87. The highest BCUT2D eigenvalue weighted by atomic mass is 16.5. The number of ether oxygens (including phenoxy) is 1. The van der Waals surface area contributed by atoms with Crippen molar-refractivity contribution in [3.05, 3.63) is 47.8 Å². The summed E-state index contributed by atoms with van der Waals surface area (Å²) in [6, 6.07) is 9.68. The first-order valence-corrected chi connectivity index (χ1v) is 6.18. The summed E-state index contributed by atoms with van der Waals surface area (Å²) in [4.78, 5) is 0. The van der Waals surface area contributed by atoms with Crippen LogP contribution >= 0.6 is 0 Å². The smallest absolute Gasteiger partial charge is 0.119 e. The fourth-order valence-corrected chi connectivity index (χ4v) is 1.88. The lowest BCUT2D eigenvalue weighted by Gasteiger charge is -2.14. The molecule has 0 aliphatic carbocycles. The van der Waals surface area contributed by atoms with Crippen molar-refractivity contribution in [1.82, 2.24) is 9.78 Å². The van der Waals surface area contributed by atoms with E-state index in [-0.39, 0.29) is 6.04 Å². The predicted octanol–water partition coefficient (Wildman–Crippen LogP) is 2.26. The van der Waals surface area contributed by atoms with E-state index in [0.29, 0.717) is 0 Å².